The fourth-order valence-corrected chi connectivity index (χ4v) is 5.88. The molecule has 1 spiro atoms. The third-order valence-corrected chi connectivity index (χ3v) is 7.73. The molecule has 150 valence electrons. The van der Waals surface area contributed by atoms with Gasteiger partial charge in [-0.15, -0.1) is 0 Å². The average Bonchev–Trinajstić information content (AvgIpc) is 3.09. The van der Waals surface area contributed by atoms with Crippen molar-refractivity contribution < 1.29 is 22.8 Å². The van der Waals surface area contributed by atoms with Crippen molar-refractivity contribution in [1.29, 1.82) is 0 Å². The Bertz CT molecular complexity index is 982. The lowest BCUT2D eigenvalue weighted by atomic mass is 9.89. The molecule has 3 aliphatic heterocycles. The molecule has 1 aromatic rings. The quantitative estimate of drug-likeness (QED) is 0.688. The van der Waals surface area contributed by atoms with Crippen LogP contribution in [0.2, 0.25) is 0 Å². The van der Waals surface area contributed by atoms with Gasteiger partial charge in [0.15, 0.2) is 0 Å². The maximum absolute atomic E-state index is 13.1. The van der Waals surface area contributed by atoms with Crippen LogP contribution in [0.1, 0.15) is 32.3 Å². The van der Waals surface area contributed by atoms with E-state index in [0.717, 1.165) is 11.3 Å². The summed E-state index contributed by atoms with van der Waals surface area (Å²) in [6.07, 6.45) is 1.06. The molecule has 0 unspecified atom stereocenters. The van der Waals surface area contributed by atoms with E-state index in [4.69, 9.17) is 0 Å². The molecule has 1 atom stereocenters. The standard InChI is InChI=1S/C18H22N4O5S/c1-11-9-13-10-14(3-4-15(13)22(11)12(2)23)28(26,27)21-7-5-18(6-8-21)16(24)19-17(25)20-18/h3-4,10-11H,5-9H2,1-2H3,(H2,19,20,24,25)/t11-/m1/s1. The highest BCUT2D eigenvalue weighted by atomic mass is 32.2. The predicted molar refractivity (Wildman–Crippen MR) is 100 cm³/mol. The molecule has 10 heteroatoms. The van der Waals surface area contributed by atoms with Gasteiger partial charge in [-0.2, -0.15) is 4.31 Å². The summed E-state index contributed by atoms with van der Waals surface area (Å²) >= 11 is 0. The number of amides is 4. The van der Waals surface area contributed by atoms with Gasteiger partial charge in [0.2, 0.25) is 15.9 Å². The zero-order valence-corrected chi connectivity index (χ0v) is 16.5. The molecule has 0 aliphatic carbocycles. The second kappa shape index (κ2) is 6.28. The van der Waals surface area contributed by atoms with Gasteiger partial charge in [-0.05, 0) is 49.9 Å². The molecule has 4 amide bonds. The third-order valence-electron chi connectivity index (χ3n) is 5.83. The van der Waals surface area contributed by atoms with Gasteiger partial charge in [-0.3, -0.25) is 14.9 Å². The average molecular weight is 406 g/mol. The van der Waals surface area contributed by atoms with Gasteiger partial charge in [-0.1, -0.05) is 0 Å². The number of rotatable bonds is 2. The Hall–Kier alpha value is -2.46. The van der Waals surface area contributed by atoms with Gasteiger partial charge < -0.3 is 10.2 Å². The first-order valence-corrected chi connectivity index (χ1v) is 10.6. The molecule has 0 bridgehead atoms. The van der Waals surface area contributed by atoms with Crippen LogP contribution in [-0.2, 0) is 26.0 Å². The number of urea groups is 1. The maximum atomic E-state index is 13.1. The first-order chi connectivity index (χ1) is 13.1. The molecule has 2 saturated heterocycles. The molecule has 28 heavy (non-hydrogen) atoms. The molecule has 2 fully saturated rings. The van der Waals surface area contributed by atoms with Crippen molar-refractivity contribution in [2.45, 2.75) is 49.6 Å². The number of hydrogen-bond donors (Lipinski definition) is 2. The number of anilines is 1. The molecule has 4 rings (SSSR count). The number of imide groups is 1. The smallest absolute Gasteiger partial charge is 0.322 e. The lowest BCUT2D eigenvalue weighted by molar-refractivity contribution is -0.125. The highest BCUT2D eigenvalue weighted by molar-refractivity contribution is 7.89. The van der Waals surface area contributed by atoms with E-state index in [2.05, 4.69) is 10.6 Å². The molecular weight excluding hydrogens is 384 g/mol. The summed E-state index contributed by atoms with van der Waals surface area (Å²) in [5, 5.41) is 4.85. The number of carbonyl (C=O) groups is 3. The molecule has 0 aromatic heterocycles. The van der Waals surface area contributed by atoms with Crippen LogP contribution < -0.4 is 15.5 Å². The van der Waals surface area contributed by atoms with E-state index in [-0.39, 0.29) is 42.8 Å². The van der Waals surface area contributed by atoms with Crippen molar-refractivity contribution in [2.24, 2.45) is 0 Å². The Kier molecular flexibility index (Phi) is 4.23. The highest BCUT2D eigenvalue weighted by Crippen LogP contribution is 2.35. The minimum Gasteiger partial charge on any atom is -0.323 e. The summed E-state index contributed by atoms with van der Waals surface area (Å²) in [4.78, 5) is 37.2. The summed E-state index contributed by atoms with van der Waals surface area (Å²) in [5.74, 6) is -0.467. The molecule has 3 heterocycles. The number of fused-ring (bicyclic) bond motifs is 1. The van der Waals surface area contributed by atoms with Crippen molar-refractivity contribution in [1.82, 2.24) is 14.9 Å². The molecule has 2 N–H and O–H groups in total. The van der Waals surface area contributed by atoms with Crippen molar-refractivity contribution >= 4 is 33.6 Å². The molecule has 1 aromatic carbocycles. The van der Waals surface area contributed by atoms with E-state index in [1.807, 2.05) is 6.92 Å². The van der Waals surface area contributed by atoms with Crippen molar-refractivity contribution in [3.05, 3.63) is 23.8 Å². The Labute approximate surface area is 163 Å². The van der Waals surface area contributed by atoms with Crippen LogP contribution in [0, 0.1) is 0 Å². The first-order valence-electron chi connectivity index (χ1n) is 9.20. The van der Waals surface area contributed by atoms with E-state index in [1.165, 1.54) is 17.3 Å². The zero-order valence-electron chi connectivity index (χ0n) is 15.7. The number of hydrogen-bond acceptors (Lipinski definition) is 5. The maximum Gasteiger partial charge on any atom is 0.322 e. The molecular formula is C18H22N4O5S. The van der Waals surface area contributed by atoms with Gasteiger partial charge in [0.25, 0.3) is 5.91 Å². The molecule has 0 saturated carbocycles. The van der Waals surface area contributed by atoms with Crippen LogP contribution in [-0.4, -0.2) is 55.2 Å². The zero-order chi connectivity index (χ0) is 20.3. The largest absolute Gasteiger partial charge is 0.323 e. The molecule has 3 aliphatic rings. The van der Waals surface area contributed by atoms with E-state index < -0.39 is 27.5 Å². The summed E-state index contributed by atoms with van der Waals surface area (Å²) in [7, 11) is -3.73. The summed E-state index contributed by atoms with van der Waals surface area (Å²) in [6.45, 7) is 3.71. The van der Waals surface area contributed by atoms with Gasteiger partial charge >= 0.3 is 6.03 Å². The fourth-order valence-electron chi connectivity index (χ4n) is 4.39. The third kappa shape index (κ3) is 2.78. The molecule has 0 radical (unpaired) electrons. The van der Waals surface area contributed by atoms with Crippen LogP contribution in [0.5, 0.6) is 0 Å². The Balaban J connectivity index is 1.56. The number of piperidine rings is 1. The SMILES string of the molecule is CC(=O)N1c2ccc(S(=O)(=O)N3CCC4(CC3)NC(=O)NC4=O)cc2C[C@H]1C. The lowest BCUT2D eigenvalue weighted by Crippen LogP contribution is -2.55. The van der Waals surface area contributed by atoms with E-state index in [9.17, 15) is 22.8 Å². The minimum atomic E-state index is -3.73. The van der Waals surface area contributed by atoms with Gasteiger partial charge in [0, 0.05) is 31.7 Å². The number of benzene rings is 1. The first kappa shape index (κ1) is 18.9. The second-order valence-electron chi connectivity index (χ2n) is 7.63. The summed E-state index contributed by atoms with van der Waals surface area (Å²) < 4.78 is 27.5. The van der Waals surface area contributed by atoms with Crippen molar-refractivity contribution in [2.75, 3.05) is 18.0 Å². The molecule has 9 nitrogen and oxygen atoms in total. The minimum absolute atomic E-state index is 0.00945. The predicted octanol–water partition coefficient (Wildman–Crippen LogP) is 0.347. The Morgan fingerprint density at radius 3 is 2.46 bits per heavy atom. The summed E-state index contributed by atoms with van der Waals surface area (Å²) in [5.41, 5.74) is 0.569. The Morgan fingerprint density at radius 1 is 1.21 bits per heavy atom. The van der Waals surface area contributed by atoms with Gasteiger partial charge in [0.05, 0.1) is 4.90 Å². The number of nitrogens with zero attached hydrogens (tertiary/aromatic N) is 2. The lowest BCUT2D eigenvalue weighted by Gasteiger charge is -2.36. The van der Waals surface area contributed by atoms with Crippen molar-refractivity contribution in [3.63, 3.8) is 0 Å². The van der Waals surface area contributed by atoms with Gasteiger partial charge in [-0.25, -0.2) is 13.2 Å². The van der Waals surface area contributed by atoms with Crippen molar-refractivity contribution in [3.8, 4) is 0 Å². The van der Waals surface area contributed by atoms with Crippen LogP contribution in [0.25, 0.3) is 0 Å². The highest BCUT2D eigenvalue weighted by Gasteiger charge is 2.49. The van der Waals surface area contributed by atoms with E-state index in [1.54, 1.807) is 17.0 Å². The fraction of sp³-hybridized carbons (Fsp3) is 0.500. The number of sulfonamides is 1. The topological polar surface area (TPSA) is 116 Å². The van der Waals surface area contributed by atoms with Crippen LogP contribution in [0.4, 0.5) is 10.5 Å². The van der Waals surface area contributed by atoms with Crippen LogP contribution in [0.15, 0.2) is 23.1 Å². The monoisotopic (exact) mass is 406 g/mol. The van der Waals surface area contributed by atoms with E-state index in [0.29, 0.717) is 6.42 Å². The van der Waals surface area contributed by atoms with Crippen LogP contribution >= 0.6 is 0 Å². The summed E-state index contributed by atoms with van der Waals surface area (Å²) in [6, 6.07) is 4.30. The van der Waals surface area contributed by atoms with E-state index >= 15 is 0 Å². The second-order valence-corrected chi connectivity index (χ2v) is 9.57. The van der Waals surface area contributed by atoms with Gasteiger partial charge in [0.1, 0.15) is 5.54 Å². The van der Waals surface area contributed by atoms with Crippen LogP contribution in [0.3, 0.4) is 0 Å². The number of carbonyl (C=O) groups excluding carboxylic acids is 3. The Morgan fingerprint density at radius 2 is 1.89 bits per heavy atom. The normalized spacial score (nSPS) is 24.2. The number of nitrogens with one attached hydrogen (secondary N) is 2.